The fraction of sp³-hybridized carbons (Fsp3) is 0.610. The Morgan fingerprint density at radius 3 is 1.87 bits per heavy atom. The number of nitrogens with zero attached hydrogens (tertiary/aromatic N) is 3. The molecule has 3 heterocycles. The predicted octanol–water partition coefficient (Wildman–Crippen LogP) is -3.28. The van der Waals surface area contributed by atoms with Gasteiger partial charge in [-0.25, -0.2) is 0 Å². The van der Waals surface area contributed by atoms with Crippen molar-refractivity contribution in [2.24, 2.45) is 22.4 Å². The number of aliphatic imine (C=N–C) groups is 1. The number of carbonyl (C=O) groups is 9. The van der Waals surface area contributed by atoms with Gasteiger partial charge in [-0.2, -0.15) is 0 Å². The highest BCUT2D eigenvalue weighted by molar-refractivity contribution is 5.99. The monoisotopic (exact) mass is 883 g/mol. The van der Waals surface area contributed by atoms with Crippen LogP contribution in [0, 0.1) is 5.92 Å². The Labute approximate surface area is 365 Å². The smallest absolute Gasteiger partial charge is 0.305 e. The van der Waals surface area contributed by atoms with Gasteiger partial charge >= 0.3 is 5.97 Å². The van der Waals surface area contributed by atoms with Crippen molar-refractivity contribution in [2.75, 3.05) is 26.2 Å². The number of aliphatic hydroxyl groups excluding tert-OH is 1. The van der Waals surface area contributed by atoms with Crippen molar-refractivity contribution in [3.8, 4) is 0 Å². The molecule has 0 aliphatic carbocycles. The van der Waals surface area contributed by atoms with Crippen LogP contribution in [0.3, 0.4) is 0 Å². The largest absolute Gasteiger partial charge is 0.481 e. The van der Waals surface area contributed by atoms with E-state index in [-0.39, 0.29) is 70.0 Å². The molecule has 12 N–H and O–H groups in total. The second-order valence-electron chi connectivity index (χ2n) is 16.5. The molecule has 0 unspecified atom stereocenters. The van der Waals surface area contributed by atoms with E-state index in [1.165, 1.54) is 16.7 Å². The Balaban J connectivity index is 1.74. The molecule has 1 aromatic carbocycles. The highest BCUT2D eigenvalue weighted by atomic mass is 16.4. The van der Waals surface area contributed by atoms with Crippen molar-refractivity contribution in [3.05, 3.63) is 35.9 Å². The summed E-state index contributed by atoms with van der Waals surface area (Å²) in [5.74, 6) is -8.39. The average Bonchev–Trinajstić information content (AvgIpc) is 3.93. The zero-order chi connectivity index (χ0) is 46.4. The zero-order valence-corrected chi connectivity index (χ0v) is 35.8. The molecule has 3 fully saturated rings. The molecule has 1 aromatic rings. The Bertz CT molecular complexity index is 1880. The van der Waals surface area contributed by atoms with Crippen LogP contribution in [0.1, 0.15) is 77.7 Å². The molecule has 22 nitrogen and oxygen atoms in total. The van der Waals surface area contributed by atoms with Gasteiger partial charge in [-0.05, 0) is 63.4 Å². The van der Waals surface area contributed by atoms with E-state index >= 15 is 0 Å². The summed E-state index contributed by atoms with van der Waals surface area (Å²) in [4.78, 5) is 130. The number of aliphatic hydroxyl groups is 1. The number of nitrogens with one attached hydrogen (secondary N) is 6. The van der Waals surface area contributed by atoms with Crippen LogP contribution in [0.15, 0.2) is 35.3 Å². The lowest BCUT2D eigenvalue weighted by molar-refractivity contribution is -0.148. The first-order valence-electron chi connectivity index (χ1n) is 21.2. The number of carboxylic acids is 1. The molecule has 0 aromatic heterocycles. The molecule has 3 saturated heterocycles. The molecular weight excluding hydrogens is 823 g/mol. The lowest BCUT2D eigenvalue weighted by atomic mass is 10.0. The summed E-state index contributed by atoms with van der Waals surface area (Å²) >= 11 is 0. The van der Waals surface area contributed by atoms with E-state index in [1.807, 2.05) is 0 Å². The summed E-state index contributed by atoms with van der Waals surface area (Å²) in [6, 6.07) is -2.11. The van der Waals surface area contributed by atoms with Crippen LogP contribution in [-0.2, 0) is 49.6 Å². The van der Waals surface area contributed by atoms with Gasteiger partial charge in [0.1, 0.15) is 48.3 Å². The molecule has 0 radical (unpaired) electrons. The number of guanidine groups is 1. The second-order valence-corrected chi connectivity index (χ2v) is 16.5. The lowest BCUT2D eigenvalue weighted by Gasteiger charge is -2.34. The van der Waals surface area contributed by atoms with Crippen molar-refractivity contribution in [1.82, 2.24) is 41.7 Å². The predicted molar refractivity (Wildman–Crippen MR) is 226 cm³/mol. The van der Waals surface area contributed by atoms with E-state index in [0.29, 0.717) is 18.4 Å². The van der Waals surface area contributed by atoms with E-state index in [9.17, 15) is 53.4 Å². The lowest BCUT2D eigenvalue weighted by Crippen LogP contribution is -2.61. The maximum Gasteiger partial charge on any atom is 0.305 e. The van der Waals surface area contributed by atoms with E-state index < -0.39 is 115 Å². The summed E-state index contributed by atoms with van der Waals surface area (Å²) < 4.78 is 0. The van der Waals surface area contributed by atoms with E-state index in [0.717, 1.165) is 0 Å². The van der Waals surface area contributed by atoms with Crippen LogP contribution < -0.4 is 43.4 Å². The number of carbonyl (C=O) groups excluding carboxylic acids is 8. The van der Waals surface area contributed by atoms with Gasteiger partial charge in [0.25, 0.3) is 0 Å². The number of carboxylic acid groups (broad SMARTS) is 1. The number of hydrogen-bond donors (Lipinski definition) is 10. The first kappa shape index (κ1) is 49.3. The van der Waals surface area contributed by atoms with Crippen molar-refractivity contribution in [1.29, 1.82) is 0 Å². The minimum Gasteiger partial charge on any atom is -0.481 e. The Morgan fingerprint density at radius 2 is 1.25 bits per heavy atom. The van der Waals surface area contributed by atoms with Crippen molar-refractivity contribution < 1.29 is 53.4 Å². The number of nitrogens with two attached hydrogens (primary N) is 2. The third-order valence-electron chi connectivity index (χ3n) is 11.1. The van der Waals surface area contributed by atoms with Crippen molar-refractivity contribution in [3.63, 3.8) is 0 Å². The molecule has 3 aliphatic rings. The van der Waals surface area contributed by atoms with Gasteiger partial charge in [-0.3, -0.25) is 48.1 Å². The Kier molecular flexibility index (Phi) is 18.2. The molecular formula is C41H61N11O11. The Hall–Kier alpha value is -6.32. The van der Waals surface area contributed by atoms with Crippen molar-refractivity contribution in [2.45, 2.75) is 127 Å². The van der Waals surface area contributed by atoms with Gasteiger partial charge in [-0.15, -0.1) is 0 Å². The second kappa shape index (κ2) is 23.2. The highest BCUT2D eigenvalue weighted by Gasteiger charge is 2.44. The summed E-state index contributed by atoms with van der Waals surface area (Å²) in [6.45, 7) is 4.35. The van der Waals surface area contributed by atoms with Gasteiger partial charge in [-0.1, -0.05) is 44.2 Å². The topological polar surface area (TPSA) is 337 Å². The number of amides is 8. The molecule has 0 saturated carbocycles. The Morgan fingerprint density at radius 1 is 0.714 bits per heavy atom. The summed E-state index contributed by atoms with van der Waals surface area (Å²) in [5.41, 5.74) is 11.5. The highest BCUT2D eigenvalue weighted by Crippen LogP contribution is 2.26. The molecule has 63 heavy (non-hydrogen) atoms. The van der Waals surface area contributed by atoms with E-state index in [1.54, 1.807) is 44.2 Å². The standard InChI is InChI=1S/C41H61N11O11/c1-22(2)18-28-39(62)52-17-9-14-31(52)40(63)51-16-8-13-30(51)38(61)45-23(3)33(56)47-26(19-24-10-5-4-6-11-24)35(58)46-25(12-7-15-44-41(42)43)34(57)50-29(21-53)37(60)48-27(20-32(54)55)36(59)49-28/h4-6,10-11,22-23,25-31,53H,7-9,12-21H2,1-3H3,(H,45,61)(H,46,58)(H,47,56)(H,48,60)(H,49,59)(H,50,57)(H,54,55)(H4,42,43,44)/t23-,25-,26-,27-,28-,29-,30-,31+/m0/s1. The quantitative estimate of drug-likeness (QED) is 0.0593. The maximum atomic E-state index is 14.2. The van der Waals surface area contributed by atoms with E-state index in [2.05, 4.69) is 36.9 Å². The van der Waals surface area contributed by atoms with Gasteiger partial charge in [0.05, 0.1) is 13.0 Å². The summed E-state index contributed by atoms with van der Waals surface area (Å²) in [7, 11) is 0. The van der Waals surface area contributed by atoms with Gasteiger partial charge in [0, 0.05) is 26.1 Å². The first-order valence-corrected chi connectivity index (χ1v) is 21.2. The fourth-order valence-electron chi connectivity index (χ4n) is 7.85. The molecule has 0 bridgehead atoms. The third kappa shape index (κ3) is 14.1. The average molecular weight is 884 g/mol. The number of hydrogen-bond acceptors (Lipinski definition) is 11. The van der Waals surface area contributed by atoms with Crippen LogP contribution in [0.2, 0.25) is 0 Å². The SMILES string of the molecule is CC(C)C[C@@H]1NC(=O)[C@H](CC(=O)O)NC(=O)[C@H](CO)NC(=O)[C@H](CCCN=C(N)N)NC(=O)[C@H](Cc2ccccc2)NC(=O)[C@H](C)NC(=O)[C@@H]2CCCN2C(=O)[C@H]2CCCN2C1=O. The zero-order valence-electron chi connectivity index (χ0n) is 35.8. The number of benzene rings is 1. The summed E-state index contributed by atoms with van der Waals surface area (Å²) in [5, 5.41) is 35.1. The molecule has 346 valence electrons. The van der Waals surface area contributed by atoms with Crippen LogP contribution in [0.4, 0.5) is 0 Å². The first-order chi connectivity index (χ1) is 29.9. The molecule has 3 aliphatic heterocycles. The van der Waals surface area contributed by atoms with Crippen LogP contribution in [-0.4, -0.2) is 154 Å². The number of aliphatic carboxylic acids is 1. The molecule has 4 rings (SSSR count). The minimum absolute atomic E-state index is 0.0298. The third-order valence-corrected chi connectivity index (χ3v) is 11.1. The number of rotatable bonds is 11. The van der Waals surface area contributed by atoms with Gasteiger partial charge in [0.15, 0.2) is 5.96 Å². The summed E-state index contributed by atoms with van der Waals surface area (Å²) in [6.07, 6.45) is 0.516. The molecule has 8 atom stereocenters. The van der Waals surface area contributed by atoms with Crippen LogP contribution in [0.25, 0.3) is 0 Å². The van der Waals surface area contributed by atoms with Crippen molar-refractivity contribution >= 4 is 59.2 Å². The van der Waals surface area contributed by atoms with Crippen LogP contribution in [0.5, 0.6) is 0 Å². The molecule has 0 spiro atoms. The van der Waals surface area contributed by atoms with Crippen LogP contribution >= 0.6 is 0 Å². The molecule has 22 heteroatoms. The normalized spacial score (nSPS) is 27.2. The maximum absolute atomic E-state index is 14.2. The molecule has 8 amide bonds. The van der Waals surface area contributed by atoms with E-state index in [4.69, 9.17) is 11.5 Å². The van der Waals surface area contributed by atoms with Gasteiger partial charge in [0.2, 0.25) is 47.3 Å². The fourth-order valence-corrected chi connectivity index (χ4v) is 7.85. The number of fused-ring (bicyclic) bond motifs is 2. The minimum atomic E-state index is -1.80. The van der Waals surface area contributed by atoms with Gasteiger partial charge < -0.3 is 63.4 Å².